The molecule has 25 heavy (non-hydrogen) atoms. The molecule has 0 bridgehead atoms. The largest absolute Gasteiger partial charge is 0.389 e. The molecule has 1 aliphatic rings. The van der Waals surface area contributed by atoms with Crippen molar-refractivity contribution in [3.8, 4) is 0 Å². The number of aryl methyl sites for hydroxylation is 1. The van der Waals surface area contributed by atoms with E-state index < -0.39 is 6.10 Å². The van der Waals surface area contributed by atoms with Crippen LogP contribution in [0.5, 0.6) is 0 Å². The lowest BCUT2D eigenvalue weighted by Crippen LogP contribution is -2.36. The Morgan fingerprint density at radius 3 is 2.76 bits per heavy atom. The Labute approximate surface area is 155 Å². The second-order valence-corrected chi connectivity index (χ2v) is 7.28. The Kier molecular flexibility index (Phi) is 6.49. The third kappa shape index (κ3) is 5.05. The minimum Gasteiger partial charge on any atom is -0.389 e. The molecule has 0 aliphatic heterocycles. The number of benzene rings is 2. The average molecular weight is 360 g/mol. The summed E-state index contributed by atoms with van der Waals surface area (Å²) in [6.07, 6.45) is 3.01. The predicted molar refractivity (Wildman–Crippen MR) is 102 cm³/mol. The number of aliphatic hydroxyl groups excluding tert-OH is 1. The number of fused-ring (bicyclic) bond motifs is 1. The summed E-state index contributed by atoms with van der Waals surface area (Å²) in [7, 11) is 2.09. The fourth-order valence-electron chi connectivity index (χ4n) is 3.59. The van der Waals surface area contributed by atoms with Gasteiger partial charge < -0.3 is 9.84 Å². The van der Waals surface area contributed by atoms with Crippen LogP contribution in [-0.4, -0.2) is 36.3 Å². The molecule has 0 heterocycles. The maximum Gasteiger partial charge on any atom is 0.0900 e. The van der Waals surface area contributed by atoms with Gasteiger partial charge in [-0.05, 0) is 55.1 Å². The molecule has 3 nitrogen and oxygen atoms in total. The minimum absolute atomic E-state index is 0.335. The van der Waals surface area contributed by atoms with E-state index in [9.17, 15) is 5.11 Å². The van der Waals surface area contributed by atoms with Crippen LogP contribution in [-0.2, 0) is 17.8 Å². The van der Waals surface area contributed by atoms with Crippen molar-refractivity contribution >= 4 is 11.6 Å². The highest BCUT2D eigenvalue weighted by Gasteiger charge is 2.24. The monoisotopic (exact) mass is 359 g/mol. The van der Waals surface area contributed by atoms with Crippen molar-refractivity contribution in [2.75, 3.05) is 20.2 Å². The van der Waals surface area contributed by atoms with E-state index in [-0.39, 0.29) is 0 Å². The first-order chi connectivity index (χ1) is 12.1. The Balaban J connectivity index is 1.48. The first-order valence-electron chi connectivity index (χ1n) is 8.92. The van der Waals surface area contributed by atoms with E-state index in [1.165, 1.54) is 17.5 Å². The maximum atomic E-state index is 10.3. The van der Waals surface area contributed by atoms with E-state index >= 15 is 0 Å². The third-order valence-electron chi connectivity index (χ3n) is 4.86. The van der Waals surface area contributed by atoms with Gasteiger partial charge in [-0.1, -0.05) is 48.0 Å². The van der Waals surface area contributed by atoms with Gasteiger partial charge >= 0.3 is 0 Å². The number of rotatable bonds is 7. The number of nitrogens with zero attached hydrogens (tertiary/aromatic N) is 1. The second-order valence-electron chi connectivity index (χ2n) is 6.84. The highest BCUT2D eigenvalue weighted by Crippen LogP contribution is 2.33. The standard InChI is InChI=1S/C21H26ClNO2/c1-23(21-8-4-6-17-5-2-3-7-20(17)21)13-19(24)15-25-14-16-9-11-18(22)12-10-16/h2-3,5,7,9-12,19,21,24H,4,6,8,13-15H2,1H3/t19-,21+/m1/s1. The van der Waals surface area contributed by atoms with E-state index in [4.69, 9.17) is 16.3 Å². The quantitative estimate of drug-likeness (QED) is 0.803. The van der Waals surface area contributed by atoms with Crippen molar-refractivity contribution in [3.63, 3.8) is 0 Å². The van der Waals surface area contributed by atoms with Gasteiger partial charge in [-0.3, -0.25) is 4.90 Å². The van der Waals surface area contributed by atoms with Crippen LogP contribution in [0.2, 0.25) is 5.02 Å². The molecule has 2 atom stereocenters. The predicted octanol–water partition coefficient (Wildman–Crippen LogP) is 4.23. The summed E-state index contributed by atoms with van der Waals surface area (Å²) >= 11 is 5.88. The summed E-state index contributed by atoms with van der Waals surface area (Å²) in [5.74, 6) is 0. The second kappa shape index (κ2) is 8.81. The summed E-state index contributed by atoms with van der Waals surface area (Å²) in [6, 6.07) is 16.6. The summed E-state index contributed by atoms with van der Waals surface area (Å²) < 4.78 is 5.66. The fourth-order valence-corrected chi connectivity index (χ4v) is 3.72. The molecule has 0 unspecified atom stereocenters. The van der Waals surface area contributed by atoms with Crippen molar-refractivity contribution in [2.24, 2.45) is 0 Å². The van der Waals surface area contributed by atoms with Crippen LogP contribution in [0.4, 0.5) is 0 Å². The van der Waals surface area contributed by atoms with Crippen LogP contribution >= 0.6 is 11.6 Å². The van der Waals surface area contributed by atoms with Crippen LogP contribution in [0.15, 0.2) is 48.5 Å². The molecule has 0 saturated carbocycles. The fraction of sp³-hybridized carbons (Fsp3) is 0.429. The molecular weight excluding hydrogens is 334 g/mol. The van der Waals surface area contributed by atoms with Crippen molar-refractivity contribution in [1.29, 1.82) is 0 Å². The molecule has 2 aromatic carbocycles. The van der Waals surface area contributed by atoms with E-state index in [1.807, 2.05) is 24.3 Å². The van der Waals surface area contributed by atoms with Gasteiger partial charge in [0.2, 0.25) is 0 Å². The molecule has 0 amide bonds. The van der Waals surface area contributed by atoms with Crippen molar-refractivity contribution < 1.29 is 9.84 Å². The minimum atomic E-state index is -0.494. The molecule has 1 aliphatic carbocycles. The zero-order chi connectivity index (χ0) is 17.6. The summed E-state index contributed by atoms with van der Waals surface area (Å²) in [4.78, 5) is 2.26. The van der Waals surface area contributed by atoms with Crippen LogP contribution in [0.1, 0.15) is 35.6 Å². The Bertz CT molecular complexity index is 674. The lowest BCUT2D eigenvalue weighted by atomic mass is 9.87. The average Bonchev–Trinajstić information content (AvgIpc) is 2.63. The topological polar surface area (TPSA) is 32.7 Å². The van der Waals surface area contributed by atoms with E-state index in [0.717, 1.165) is 23.4 Å². The summed E-state index contributed by atoms with van der Waals surface area (Å²) in [5, 5.41) is 11.1. The molecule has 0 saturated heterocycles. The molecule has 0 spiro atoms. The molecule has 0 aromatic heterocycles. The Hall–Kier alpha value is -1.39. The van der Waals surface area contributed by atoms with E-state index in [0.29, 0.717) is 25.8 Å². The van der Waals surface area contributed by atoms with Gasteiger partial charge in [0, 0.05) is 17.6 Å². The van der Waals surface area contributed by atoms with Crippen LogP contribution in [0, 0.1) is 0 Å². The SMILES string of the molecule is CN(C[C@@H](O)COCc1ccc(Cl)cc1)[C@H]1CCCc2ccccc21. The molecule has 2 aromatic rings. The number of ether oxygens (including phenoxy) is 1. The number of hydrogen-bond acceptors (Lipinski definition) is 3. The van der Waals surface area contributed by atoms with Gasteiger partial charge in [-0.2, -0.15) is 0 Å². The maximum absolute atomic E-state index is 10.3. The number of likely N-dealkylation sites (N-methyl/N-ethyl adjacent to an activating group) is 1. The van der Waals surface area contributed by atoms with E-state index in [1.54, 1.807) is 0 Å². The van der Waals surface area contributed by atoms with Gasteiger partial charge in [0.05, 0.1) is 19.3 Å². The lowest BCUT2D eigenvalue weighted by molar-refractivity contribution is 0.00617. The van der Waals surface area contributed by atoms with Crippen LogP contribution < -0.4 is 0 Å². The highest BCUT2D eigenvalue weighted by atomic mass is 35.5. The number of halogens is 1. The normalized spacial score (nSPS) is 18.2. The molecule has 134 valence electrons. The smallest absolute Gasteiger partial charge is 0.0900 e. The van der Waals surface area contributed by atoms with Crippen molar-refractivity contribution in [1.82, 2.24) is 4.90 Å². The third-order valence-corrected chi connectivity index (χ3v) is 5.11. The summed E-state index contributed by atoms with van der Waals surface area (Å²) in [5.41, 5.74) is 3.91. The summed E-state index contributed by atoms with van der Waals surface area (Å²) in [6.45, 7) is 1.44. The number of aliphatic hydroxyl groups is 1. The molecule has 0 radical (unpaired) electrons. The molecular formula is C21H26ClNO2. The van der Waals surface area contributed by atoms with Crippen molar-refractivity contribution in [2.45, 2.75) is 38.0 Å². The van der Waals surface area contributed by atoms with Crippen LogP contribution in [0.3, 0.4) is 0 Å². The van der Waals surface area contributed by atoms with Gasteiger partial charge in [-0.15, -0.1) is 0 Å². The van der Waals surface area contributed by atoms with Gasteiger partial charge in [-0.25, -0.2) is 0 Å². The lowest BCUT2D eigenvalue weighted by Gasteiger charge is -2.34. The zero-order valence-electron chi connectivity index (χ0n) is 14.7. The first-order valence-corrected chi connectivity index (χ1v) is 9.29. The number of hydrogen-bond donors (Lipinski definition) is 1. The van der Waals surface area contributed by atoms with Crippen LogP contribution in [0.25, 0.3) is 0 Å². The first kappa shape index (κ1) is 18.4. The van der Waals surface area contributed by atoms with E-state index in [2.05, 4.69) is 36.2 Å². The molecule has 4 heteroatoms. The Morgan fingerprint density at radius 2 is 1.96 bits per heavy atom. The molecule has 3 rings (SSSR count). The zero-order valence-corrected chi connectivity index (χ0v) is 15.5. The van der Waals surface area contributed by atoms with Gasteiger partial charge in [0.25, 0.3) is 0 Å². The highest BCUT2D eigenvalue weighted by molar-refractivity contribution is 6.30. The van der Waals surface area contributed by atoms with Gasteiger partial charge in [0.1, 0.15) is 0 Å². The van der Waals surface area contributed by atoms with Crippen molar-refractivity contribution in [3.05, 3.63) is 70.2 Å². The Morgan fingerprint density at radius 1 is 1.20 bits per heavy atom. The molecule has 0 fully saturated rings. The van der Waals surface area contributed by atoms with Gasteiger partial charge in [0.15, 0.2) is 0 Å². The molecule has 1 N–H and O–H groups in total.